The molecule has 29 heavy (non-hydrogen) atoms. The summed E-state index contributed by atoms with van der Waals surface area (Å²) in [5.41, 5.74) is 3.98. The molecule has 0 aromatic heterocycles. The van der Waals surface area contributed by atoms with Crippen LogP contribution in [-0.4, -0.2) is 0 Å². The zero-order chi connectivity index (χ0) is 20.2. The van der Waals surface area contributed by atoms with Crippen LogP contribution >= 0.6 is 15.9 Å². The molecule has 4 aromatic rings. The van der Waals surface area contributed by atoms with Crippen molar-refractivity contribution in [1.82, 2.24) is 0 Å². The third-order valence-corrected chi connectivity index (χ3v) is 5.28. The van der Waals surface area contributed by atoms with Gasteiger partial charge in [-0.05, 0) is 56.4 Å². The van der Waals surface area contributed by atoms with Gasteiger partial charge in [0.15, 0.2) is 11.6 Å². The van der Waals surface area contributed by atoms with Gasteiger partial charge in [-0.25, -0.2) is 8.78 Å². The van der Waals surface area contributed by atoms with Gasteiger partial charge in [0.2, 0.25) is 0 Å². The second-order valence-corrected chi connectivity index (χ2v) is 7.45. The second-order valence-electron chi connectivity index (χ2n) is 6.60. The Morgan fingerprint density at radius 2 is 1.21 bits per heavy atom. The Bertz CT molecular complexity index is 1110. The quantitative estimate of drug-likeness (QED) is 0.284. The fourth-order valence-corrected chi connectivity index (χ4v) is 3.38. The van der Waals surface area contributed by atoms with Gasteiger partial charge in [0.1, 0.15) is 12.4 Å². The van der Waals surface area contributed by atoms with Crippen molar-refractivity contribution < 1.29 is 13.5 Å². The van der Waals surface area contributed by atoms with Crippen molar-refractivity contribution in [2.24, 2.45) is 0 Å². The lowest BCUT2D eigenvalue weighted by atomic mass is 10.00. The van der Waals surface area contributed by atoms with Crippen LogP contribution in [0.2, 0.25) is 0 Å². The van der Waals surface area contributed by atoms with Gasteiger partial charge in [-0.2, -0.15) is 0 Å². The average molecular weight is 451 g/mol. The highest BCUT2D eigenvalue weighted by Crippen LogP contribution is 2.31. The van der Waals surface area contributed by atoms with Gasteiger partial charge in [0, 0.05) is 5.56 Å². The number of hydrogen-bond donors (Lipinski definition) is 0. The van der Waals surface area contributed by atoms with Crippen LogP contribution in [0.25, 0.3) is 22.3 Å². The molecular weight excluding hydrogens is 434 g/mol. The van der Waals surface area contributed by atoms with Crippen LogP contribution in [0.4, 0.5) is 8.78 Å². The first kappa shape index (κ1) is 19.3. The predicted molar refractivity (Wildman–Crippen MR) is 116 cm³/mol. The first-order valence-corrected chi connectivity index (χ1v) is 9.92. The molecule has 0 fully saturated rings. The summed E-state index contributed by atoms with van der Waals surface area (Å²) in [5.74, 6) is -0.939. The number of rotatable bonds is 5. The SMILES string of the molecule is Fc1c(Br)ccc(-c2ccc(-c3ccc(OCc4ccccc4)cc3)cc2)c1F. The van der Waals surface area contributed by atoms with Crippen LogP contribution in [0, 0.1) is 11.6 Å². The number of halogens is 3. The molecule has 0 aliphatic carbocycles. The highest BCUT2D eigenvalue weighted by atomic mass is 79.9. The fourth-order valence-electron chi connectivity index (χ4n) is 3.08. The molecule has 0 heterocycles. The van der Waals surface area contributed by atoms with Crippen LogP contribution in [0.5, 0.6) is 5.75 Å². The topological polar surface area (TPSA) is 9.23 Å². The molecule has 0 bridgehead atoms. The van der Waals surface area contributed by atoms with Crippen molar-refractivity contribution in [3.05, 3.63) is 113 Å². The van der Waals surface area contributed by atoms with E-state index in [9.17, 15) is 8.78 Å². The molecular formula is C25H17BrF2O. The van der Waals surface area contributed by atoms with E-state index < -0.39 is 11.6 Å². The molecule has 1 nitrogen and oxygen atoms in total. The maximum atomic E-state index is 14.2. The summed E-state index contributed by atoms with van der Waals surface area (Å²) in [6.45, 7) is 0.518. The summed E-state index contributed by atoms with van der Waals surface area (Å²) in [6, 6.07) is 28.3. The minimum absolute atomic E-state index is 0.116. The van der Waals surface area contributed by atoms with Crippen LogP contribution in [0.15, 0.2) is 95.5 Å². The first-order valence-electron chi connectivity index (χ1n) is 9.13. The molecule has 0 saturated carbocycles. The zero-order valence-corrected chi connectivity index (χ0v) is 17.0. The number of benzene rings is 4. The van der Waals surface area contributed by atoms with Crippen molar-refractivity contribution in [2.75, 3.05) is 0 Å². The lowest BCUT2D eigenvalue weighted by molar-refractivity contribution is 0.306. The van der Waals surface area contributed by atoms with Crippen molar-refractivity contribution in [3.63, 3.8) is 0 Å². The lowest BCUT2D eigenvalue weighted by Gasteiger charge is -2.09. The zero-order valence-electron chi connectivity index (χ0n) is 15.4. The van der Waals surface area contributed by atoms with E-state index in [0.717, 1.165) is 22.4 Å². The molecule has 0 atom stereocenters. The maximum Gasteiger partial charge on any atom is 0.173 e. The summed E-state index contributed by atoms with van der Waals surface area (Å²) >= 11 is 3.00. The van der Waals surface area contributed by atoms with E-state index in [1.807, 2.05) is 66.7 Å². The smallest absolute Gasteiger partial charge is 0.173 e. The Kier molecular flexibility index (Phi) is 5.72. The Morgan fingerprint density at radius 1 is 0.621 bits per heavy atom. The molecule has 4 heteroatoms. The van der Waals surface area contributed by atoms with Crippen LogP contribution in [0.1, 0.15) is 5.56 Å². The van der Waals surface area contributed by atoms with Crippen LogP contribution in [-0.2, 0) is 6.61 Å². The van der Waals surface area contributed by atoms with Crippen molar-refractivity contribution in [3.8, 4) is 28.0 Å². The Morgan fingerprint density at radius 3 is 1.86 bits per heavy atom. The molecule has 4 aromatic carbocycles. The maximum absolute atomic E-state index is 14.2. The molecule has 0 unspecified atom stereocenters. The molecule has 0 radical (unpaired) electrons. The number of hydrogen-bond acceptors (Lipinski definition) is 1. The summed E-state index contributed by atoms with van der Waals surface area (Å²) in [5, 5.41) is 0. The second kappa shape index (κ2) is 8.58. The number of ether oxygens (including phenoxy) is 1. The van der Waals surface area contributed by atoms with Gasteiger partial charge < -0.3 is 4.74 Å². The van der Waals surface area contributed by atoms with Gasteiger partial charge in [-0.3, -0.25) is 0 Å². The van der Waals surface area contributed by atoms with Gasteiger partial charge >= 0.3 is 0 Å². The van der Waals surface area contributed by atoms with Crippen molar-refractivity contribution in [1.29, 1.82) is 0 Å². The monoisotopic (exact) mass is 450 g/mol. The van der Waals surface area contributed by atoms with E-state index >= 15 is 0 Å². The van der Waals surface area contributed by atoms with Gasteiger partial charge in [-0.15, -0.1) is 0 Å². The fraction of sp³-hybridized carbons (Fsp3) is 0.0400. The highest BCUT2D eigenvalue weighted by Gasteiger charge is 2.13. The van der Waals surface area contributed by atoms with E-state index in [1.54, 1.807) is 18.2 Å². The molecule has 0 saturated heterocycles. The normalized spacial score (nSPS) is 10.7. The van der Waals surface area contributed by atoms with E-state index in [4.69, 9.17) is 4.74 Å². The molecule has 4 rings (SSSR count). The average Bonchev–Trinajstić information content (AvgIpc) is 2.77. The van der Waals surface area contributed by atoms with E-state index in [1.165, 1.54) is 6.07 Å². The molecule has 0 amide bonds. The van der Waals surface area contributed by atoms with Gasteiger partial charge in [0.25, 0.3) is 0 Å². The largest absolute Gasteiger partial charge is 0.489 e. The van der Waals surface area contributed by atoms with Crippen molar-refractivity contribution in [2.45, 2.75) is 6.61 Å². The Labute approximate surface area is 176 Å². The molecule has 0 N–H and O–H groups in total. The predicted octanol–water partition coefficient (Wildman–Crippen LogP) is 7.64. The standard InChI is InChI=1S/C25H17BrF2O/c26-23-15-14-22(24(27)25(23)28)20-8-6-18(7-9-20)19-10-12-21(13-11-19)29-16-17-4-2-1-3-5-17/h1-15H,16H2. The molecule has 144 valence electrons. The molecule has 0 aliphatic heterocycles. The summed E-state index contributed by atoms with van der Waals surface area (Å²) in [4.78, 5) is 0. The van der Waals surface area contributed by atoms with E-state index in [-0.39, 0.29) is 10.0 Å². The third-order valence-electron chi connectivity index (χ3n) is 4.67. The van der Waals surface area contributed by atoms with Gasteiger partial charge in [-0.1, -0.05) is 72.8 Å². The minimum Gasteiger partial charge on any atom is -0.489 e. The Balaban J connectivity index is 1.48. The van der Waals surface area contributed by atoms with Crippen molar-refractivity contribution >= 4 is 15.9 Å². The first-order chi connectivity index (χ1) is 14.1. The Hall–Kier alpha value is -2.98. The van der Waals surface area contributed by atoms with Crippen LogP contribution < -0.4 is 4.74 Å². The van der Waals surface area contributed by atoms with Gasteiger partial charge in [0.05, 0.1) is 4.47 Å². The van der Waals surface area contributed by atoms with E-state index in [0.29, 0.717) is 12.2 Å². The molecule has 0 aliphatic rings. The van der Waals surface area contributed by atoms with Crippen LogP contribution in [0.3, 0.4) is 0 Å². The lowest BCUT2D eigenvalue weighted by Crippen LogP contribution is -1.94. The summed E-state index contributed by atoms with van der Waals surface area (Å²) in [6.07, 6.45) is 0. The highest BCUT2D eigenvalue weighted by molar-refractivity contribution is 9.10. The summed E-state index contributed by atoms with van der Waals surface area (Å²) < 4.78 is 33.9. The van der Waals surface area contributed by atoms with E-state index in [2.05, 4.69) is 15.9 Å². The minimum atomic E-state index is -0.877. The molecule has 0 spiro atoms. The summed E-state index contributed by atoms with van der Waals surface area (Å²) in [7, 11) is 0. The third kappa shape index (κ3) is 4.38.